The van der Waals surface area contributed by atoms with E-state index < -0.39 is 26.6 Å². The topological polar surface area (TPSA) is 55.4 Å². The largest absolute Gasteiger partial charge is 0.380 e. The monoisotopic (exact) mass is 313 g/mol. The molecule has 19 heavy (non-hydrogen) atoms. The lowest BCUT2D eigenvalue weighted by atomic mass is 10.3. The van der Waals surface area contributed by atoms with Crippen molar-refractivity contribution in [2.24, 2.45) is 0 Å². The van der Waals surface area contributed by atoms with Crippen LogP contribution >= 0.6 is 11.6 Å². The number of hydrogen-bond acceptors (Lipinski definition) is 3. The fourth-order valence-electron chi connectivity index (χ4n) is 1.30. The summed E-state index contributed by atoms with van der Waals surface area (Å²) < 4.78 is 56.9. The van der Waals surface area contributed by atoms with Gasteiger partial charge in [0.25, 0.3) is 0 Å². The van der Waals surface area contributed by atoms with E-state index in [0.717, 1.165) is 12.1 Å². The fraction of sp³-hybridized carbons (Fsp3) is 0.455. The van der Waals surface area contributed by atoms with Gasteiger partial charge in [0.15, 0.2) is 0 Å². The molecule has 1 rings (SSSR count). The molecule has 1 N–H and O–H groups in total. The average molecular weight is 314 g/mol. The van der Waals surface area contributed by atoms with E-state index >= 15 is 0 Å². The Balaban J connectivity index is 2.54. The van der Waals surface area contributed by atoms with Gasteiger partial charge in [-0.1, -0.05) is 0 Å². The number of benzene rings is 1. The summed E-state index contributed by atoms with van der Waals surface area (Å²) in [6, 6.07) is 2.27. The number of alkyl halides is 1. The molecular weight excluding hydrogens is 300 g/mol. The SMILES string of the molecule is O=S(=O)(NCCCOCCCl)c1cc(F)ccc1F. The molecule has 0 aliphatic heterocycles. The highest BCUT2D eigenvalue weighted by Crippen LogP contribution is 2.15. The first kappa shape index (κ1) is 16.3. The van der Waals surface area contributed by atoms with Crippen LogP contribution in [0, 0.1) is 11.6 Å². The maximum Gasteiger partial charge on any atom is 0.243 e. The molecule has 0 amide bonds. The van der Waals surface area contributed by atoms with Crippen LogP contribution in [0.1, 0.15) is 6.42 Å². The minimum Gasteiger partial charge on any atom is -0.380 e. The van der Waals surface area contributed by atoms with E-state index in [2.05, 4.69) is 4.72 Å². The summed E-state index contributed by atoms with van der Waals surface area (Å²) in [4.78, 5) is -0.700. The first-order chi connectivity index (χ1) is 8.97. The maximum absolute atomic E-state index is 13.3. The van der Waals surface area contributed by atoms with Gasteiger partial charge in [-0.2, -0.15) is 0 Å². The average Bonchev–Trinajstić information content (AvgIpc) is 2.36. The first-order valence-corrected chi connectivity index (χ1v) is 7.57. The van der Waals surface area contributed by atoms with E-state index in [9.17, 15) is 17.2 Å². The quantitative estimate of drug-likeness (QED) is 0.589. The molecule has 0 saturated heterocycles. The zero-order chi connectivity index (χ0) is 14.3. The van der Waals surface area contributed by atoms with Crippen molar-refractivity contribution in [1.29, 1.82) is 0 Å². The molecule has 8 heteroatoms. The summed E-state index contributed by atoms with van der Waals surface area (Å²) >= 11 is 5.39. The lowest BCUT2D eigenvalue weighted by molar-refractivity contribution is 0.147. The minimum absolute atomic E-state index is 0.0700. The third-order valence-electron chi connectivity index (χ3n) is 2.16. The standard InChI is InChI=1S/C11H14ClF2NO3S/c12-4-7-18-6-1-5-15-19(16,17)11-8-9(13)2-3-10(11)14/h2-3,8,15H,1,4-7H2. The summed E-state index contributed by atoms with van der Waals surface area (Å²) in [7, 11) is -4.05. The van der Waals surface area contributed by atoms with Gasteiger partial charge in [0, 0.05) is 19.0 Å². The Hall–Kier alpha value is -0.760. The van der Waals surface area contributed by atoms with Gasteiger partial charge >= 0.3 is 0 Å². The van der Waals surface area contributed by atoms with E-state index in [1.807, 2.05) is 0 Å². The Kier molecular flexibility index (Phi) is 6.64. The number of hydrogen-bond donors (Lipinski definition) is 1. The van der Waals surface area contributed by atoms with Gasteiger partial charge in [0.2, 0.25) is 10.0 Å². The summed E-state index contributed by atoms with van der Waals surface area (Å²) in [5.74, 6) is -1.44. The van der Waals surface area contributed by atoms with Gasteiger partial charge in [-0.15, -0.1) is 11.6 Å². The van der Waals surface area contributed by atoms with Gasteiger partial charge < -0.3 is 4.74 Å². The molecule has 4 nitrogen and oxygen atoms in total. The Morgan fingerprint density at radius 1 is 1.26 bits per heavy atom. The molecule has 0 unspecified atom stereocenters. The van der Waals surface area contributed by atoms with Crippen LogP contribution in [0.5, 0.6) is 0 Å². The van der Waals surface area contributed by atoms with Crippen molar-refractivity contribution in [3.05, 3.63) is 29.8 Å². The van der Waals surface area contributed by atoms with Crippen LogP contribution in [0.3, 0.4) is 0 Å². The predicted octanol–water partition coefficient (Wildman–Crippen LogP) is 1.89. The highest BCUT2D eigenvalue weighted by atomic mass is 35.5. The van der Waals surface area contributed by atoms with Crippen LogP contribution in [0.2, 0.25) is 0 Å². The third-order valence-corrected chi connectivity index (χ3v) is 3.79. The molecule has 0 radical (unpaired) electrons. The maximum atomic E-state index is 13.3. The number of rotatable bonds is 8. The molecule has 0 fully saturated rings. The Labute approximate surface area is 115 Å². The van der Waals surface area contributed by atoms with Crippen molar-refractivity contribution < 1.29 is 21.9 Å². The van der Waals surface area contributed by atoms with Gasteiger partial charge in [-0.25, -0.2) is 21.9 Å². The van der Waals surface area contributed by atoms with Crippen molar-refractivity contribution in [2.75, 3.05) is 25.6 Å². The van der Waals surface area contributed by atoms with Crippen LogP contribution in [0.15, 0.2) is 23.1 Å². The van der Waals surface area contributed by atoms with E-state index in [1.54, 1.807) is 0 Å². The summed E-state index contributed by atoms with van der Waals surface area (Å²) in [5, 5.41) is 0. The molecule has 0 aliphatic rings. The molecule has 0 aromatic heterocycles. The molecule has 0 bridgehead atoms. The normalized spacial score (nSPS) is 11.7. The molecule has 0 atom stereocenters. The van der Waals surface area contributed by atoms with Crippen molar-refractivity contribution in [3.63, 3.8) is 0 Å². The molecule has 0 spiro atoms. The summed E-state index contributed by atoms with van der Waals surface area (Å²) in [5.41, 5.74) is 0. The van der Waals surface area contributed by atoms with Crippen LogP contribution in [-0.4, -0.2) is 34.1 Å². The highest BCUT2D eigenvalue weighted by molar-refractivity contribution is 7.89. The minimum atomic E-state index is -4.05. The van der Waals surface area contributed by atoms with E-state index in [-0.39, 0.29) is 6.54 Å². The van der Waals surface area contributed by atoms with Crippen molar-refractivity contribution >= 4 is 21.6 Å². The Morgan fingerprint density at radius 3 is 2.68 bits per heavy atom. The number of nitrogens with one attached hydrogen (secondary N) is 1. The molecule has 0 saturated carbocycles. The number of ether oxygens (including phenoxy) is 1. The third kappa shape index (κ3) is 5.40. The molecule has 1 aromatic carbocycles. The van der Waals surface area contributed by atoms with Crippen molar-refractivity contribution in [3.8, 4) is 0 Å². The Morgan fingerprint density at radius 2 is 2.00 bits per heavy atom. The second-order valence-corrected chi connectivity index (χ2v) is 5.74. The fourth-order valence-corrected chi connectivity index (χ4v) is 2.57. The molecule has 108 valence electrons. The molecule has 0 heterocycles. The zero-order valence-electron chi connectivity index (χ0n) is 10.0. The van der Waals surface area contributed by atoms with Gasteiger partial charge in [0.1, 0.15) is 16.5 Å². The molecular formula is C11H14ClF2NO3S. The van der Waals surface area contributed by atoms with Crippen molar-refractivity contribution in [1.82, 2.24) is 4.72 Å². The van der Waals surface area contributed by atoms with E-state index in [1.165, 1.54) is 0 Å². The first-order valence-electron chi connectivity index (χ1n) is 5.56. The van der Waals surface area contributed by atoms with Crippen LogP contribution < -0.4 is 4.72 Å². The van der Waals surface area contributed by atoms with E-state index in [4.69, 9.17) is 16.3 Å². The molecule has 1 aromatic rings. The second-order valence-electron chi connectivity index (χ2n) is 3.63. The van der Waals surface area contributed by atoms with Gasteiger partial charge in [-0.3, -0.25) is 0 Å². The second kappa shape index (κ2) is 7.74. The lowest BCUT2D eigenvalue weighted by Crippen LogP contribution is -2.26. The van der Waals surface area contributed by atoms with E-state index in [0.29, 0.717) is 31.6 Å². The van der Waals surface area contributed by atoms with Gasteiger partial charge in [-0.05, 0) is 24.6 Å². The van der Waals surface area contributed by atoms with Crippen LogP contribution in [0.25, 0.3) is 0 Å². The summed E-state index contributed by atoms with van der Waals surface area (Å²) in [6.45, 7) is 0.786. The van der Waals surface area contributed by atoms with Gasteiger partial charge in [0.05, 0.1) is 6.61 Å². The Bertz CT molecular complexity index is 511. The summed E-state index contributed by atoms with van der Waals surface area (Å²) in [6.07, 6.45) is 0.410. The smallest absolute Gasteiger partial charge is 0.243 e. The number of halogens is 3. The molecule has 0 aliphatic carbocycles. The zero-order valence-corrected chi connectivity index (χ0v) is 11.6. The van der Waals surface area contributed by atoms with Crippen LogP contribution in [0.4, 0.5) is 8.78 Å². The predicted molar refractivity (Wildman–Crippen MR) is 67.7 cm³/mol. The number of sulfonamides is 1. The lowest BCUT2D eigenvalue weighted by Gasteiger charge is -2.08. The van der Waals surface area contributed by atoms with Crippen LogP contribution in [-0.2, 0) is 14.8 Å². The highest BCUT2D eigenvalue weighted by Gasteiger charge is 2.19. The van der Waals surface area contributed by atoms with Crippen molar-refractivity contribution in [2.45, 2.75) is 11.3 Å².